The van der Waals surface area contributed by atoms with Gasteiger partial charge in [0.25, 0.3) is 0 Å². The van der Waals surface area contributed by atoms with Crippen molar-refractivity contribution in [3.8, 4) is 0 Å². The highest BCUT2D eigenvalue weighted by Crippen LogP contribution is 2.17. The lowest BCUT2D eigenvalue weighted by Gasteiger charge is -2.17. The molecule has 0 unspecified atom stereocenters. The van der Waals surface area contributed by atoms with Crippen molar-refractivity contribution in [1.29, 1.82) is 0 Å². The zero-order chi connectivity index (χ0) is 10.8. The van der Waals surface area contributed by atoms with E-state index < -0.39 is 0 Å². The highest BCUT2D eigenvalue weighted by atomic mass is 32.1. The van der Waals surface area contributed by atoms with Crippen molar-refractivity contribution in [1.82, 2.24) is 9.36 Å². The summed E-state index contributed by atoms with van der Waals surface area (Å²) >= 11 is 1.39. The van der Waals surface area contributed by atoms with Gasteiger partial charge in [0.05, 0.1) is 0 Å². The molecule has 5 heteroatoms. The summed E-state index contributed by atoms with van der Waals surface area (Å²) in [6, 6.07) is 0. The van der Waals surface area contributed by atoms with E-state index in [2.05, 4.69) is 28.5 Å². The van der Waals surface area contributed by atoms with Crippen LogP contribution in [0.5, 0.6) is 0 Å². The third-order valence-electron chi connectivity index (χ3n) is 1.65. The number of hydrogen-bond acceptors (Lipinski definition) is 5. The number of nitrogens with two attached hydrogens (primary N) is 1. The maximum absolute atomic E-state index is 5.84. The molecule has 0 fully saturated rings. The molecule has 1 aromatic rings. The van der Waals surface area contributed by atoms with E-state index >= 15 is 0 Å². The van der Waals surface area contributed by atoms with Crippen LogP contribution in [0.4, 0.5) is 5.13 Å². The van der Waals surface area contributed by atoms with Crippen LogP contribution >= 0.6 is 11.5 Å². The fourth-order valence-corrected chi connectivity index (χ4v) is 1.55. The Morgan fingerprint density at radius 1 is 1.50 bits per heavy atom. The van der Waals surface area contributed by atoms with Gasteiger partial charge < -0.3 is 11.1 Å². The van der Waals surface area contributed by atoms with Gasteiger partial charge >= 0.3 is 0 Å². The molecule has 0 radical (unpaired) electrons. The Kier molecular flexibility index (Phi) is 3.44. The van der Waals surface area contributed by atoms with E-state index in [9.17, 15) is 0 Å². The minimum atomic E-state index is -0.219. The lowest BCUT2D eigenvalue weighted by molar-refractivity contribution is 0.549. The lowest BCUT2D eigenvalue weighted by Crippen LogP contribution is -2.39. The molecule has 4 nitrogen and oxygen atoms in total. The second-order valence-electron chi connectivity index (χ2n) is 4.45. The molecule has 80 valence electrons. The van der Waals surface area contributed by atoms with Crippen molar-refractivity contribution in [3.63, 3.8) is 0 Å². The fraction of sp³-hybridized carbons (Fsp3) is 0.778. The van der Waals surface area contributed by atoms with E-state index in [1.807, 2.05) is 13.8 Å². The molecule has 0 spiro atoms. The highest BCUT2D eigenvalue weighted by Gasteiger charge is 2.12. The molecular weight excluding hydrogens is 196 g/mol. The van der Waals surface area contributed by atoms with E-state index in [1.165, 1.54) is 11.5 Å². The van der Waals surface area contributed by atoms with Crippen LogP contribution in [0.25, 0.3) is 0 Å². The first-order chi connectivity index (χ1) is 6.38. The Morgan fingerprint density at radius 3 is 2.57 bits per heavy atom. The Balaban J connectivity index is 2.52. The Labute approximate surface area is 89.1 Å². The van der Waals surface area contributed by atoms with Gasteiger partial charge in [-0.15, -0.1) is 0 Å². The molecule has 0 aliphatic rings. The first-order valence-electron chi connectivity index (χ1n) is 4.75. The molecule has 0 saturated heterocycles. The van der Waals surface area contributed by atoms with Gasteiger partial charge in [0, 0.05) is 29.5 Å². The number of hydrogen-bond donors (Lipinski definition) is 2. The molecule has 14 heavy (non-hydrogen) atoms. The molecule has 1 rings (SSSR count). The first-order valence-corrected chi connectivity index (χ1v) is 5.52. The number of aromatic nitrogens is 2. The van der Waals surface area contributed by atoms with E-state index in [1.54, 1.807) is 0 Å². The van der Waals surface area contributed by atoms with Crippen molar-refractivity contribution < 1.29 is 0 Å². The van der Waals surface area contributed by atoms with Gasteiger partial charge in [0.15, 0.2) is 0 Å². The second kappa shape index (κ2) is 4.23. The van der Waals surface area contributed by atoms with E-state index in [0.717, 1.165) is 11.0 Å². The van der Waals surface area contributed by atoms with E-state index in [-0.39, 0.29) is 5.54 Å². The lowest BCUT2D eigenvalue weighted by atomic mass is 10.1. The minimum absolute atomic E-state index is 0.219. The molecule has 1 heterocycles. The summed E-state index contributed by atoms with van der Waals surface area (Å²) in [7, 11) is 0. The molecule has 0 aromatic carbocycles. The zero-order valence-electron chi connectivity index (χ0n) is 9.16. The molecule has 0 amide bonds. The van der Waals surface area contributed by atoms with Gasteiger partial charge in [-0.2, -0.15) is 4.37 Å². The average Bonchev–Trinajstić information content (AvgIpc) is 2.47. The smallest absolute Gasteiger partial charge is 0.202 e. The molecule has 0 aliphatic carbocycles. The molecule has 0 aliphatic heterocycles. The molecule has 3 N–H and O–H groups in total. The molecule has 0 atom stereocenters. The summed E-state index contributed by atoms with van der Waals surface area (Å²) in [6.45, 7) is 8.83. The number of nitrogens with one attached hydrogen (secondary N) is 1. The van der Waals surface area contributed by atoms with Crippen molar-refractivity contribution in [3.05, 3.63) is 5.82 Å². The van der Waals surface area contributed by atoms with Crippen LogP contribution in [0.15, 0.2) is 0 Å². The number of rotatable bonds is 4. The molecule has 0 saturated carbocycles. The summed E-state index contributed by atoms with van der Waals surface area (Å²) in [5.74, 6) is 1.28. The SMILES string of the molecule is CC(C)c1nsc(NCC(C)(C)N)n1. The summed E-state index contributed by atoms with van der Waals surface area (Å²) in [5, 5.41) is 4.03. The molecular formula is C9H18N4S. The van der Waals surface area contributed by atoms with Crippen LogP contribution in [0.3, 0.4) is 0 Å². The molecule has 0 bridgehead atoms. The molecule has 1 aromatic heterocycles. The minimum Gasteiger partial charge on any atom is -0.358 e. The van der Waals surface area contributed by atoms with Crippen molar-refractivity contribution in [2.24, 2.45) is 5.73 Å². The van der Waals surface area contributed by atoms with Crippen molar-refractivity contribution >= 4 is 16.7 Å². The van der Waals surface area contributed by atoms with Crippen molar-refractivity contribution in [2.45, 2.75) is 39.2 Å². The normalized spacial score (nSPS) is 12.1. The van der Waals surface area contributed by atoms with Crippen LogP contribution < -0.4 is 11.1 Å². The fourth-order valence-electron chi connectivity index (χ4n) is 0.845. The van der Waals surface area contributed by atoms with Gasteiger partial charge in [-0.25, -0.2) is 4.98 Å². The third kappa shape index (κ3) is 3.59. The standard InChI is InChI=1S/C9H18N4S/c1-6(2)7-12-8(14-13-7)11-5-9(3,4)10/h6H,5,10H2,1-4H3,(H,11,12,13). The van der Waals surface area contributed by atoms with Gasteiger partial charge in [0.2, 0.25) is 5.13 Å². The van der Waals surface area contributed by atoms with Gasteiger partial charge in [-0.3, -0.25) is 0 Å². The van der Waals surface area contributed by atoms with Crippen LogP contribution in [0.1, 0.15) is 39.4 Å². The summed E-state index contributed by atoms with van der Waals surface area (Å²) in [4.78, 5) is 4.35. The highest BCUT2D eigenvalue weighted by molar-refractivity contribution is 7.09. The average molecular weight is 214 g/mol. The van der Waals surface area contributed by atoms with Crippen LogP contribution in [0.2, 0.25) is 0 Å². The third-order valence-corrected chi connectivity index (χ3v) is 2.34. The van der Waals surface area contributed by atoms with Gasteiger partial charge in [-0.05, 0) is 13.8 Å². The van der Waals surface area contributed by atoms with Crippen LogP contribution in [-0.4, -0.2) is 21.4 Å². The zero-order valence-corrected chi connectivity index (χ0v) is 9.98. The maximum atomic E-state index is 5.84. The largest absolute Gasteiger partial charge is 0.358 e. The second-order valence-corrected chi connectivity index (χ2v) is 5.21. The monoisotopic (exact) mass is 214 g/mol. The summed E-state index contributed by atoms with van der Waals surface area (Å²) in [5.41, 5.74) is 5.63. The number of nitrogens with zero attached hydrogens (tertiary/aromatic N) is 2. The van der Waals surface area contributed by atoms with E-state index in [4.69, 9.17) is 5.73 Å². The summed E-state index contributed by atoms with van der Waals surface area (Å²) in [6.07, 6.45) is 0. The topological polar surface area (TPSA) is 63.8 Å². The van der Waals surface area contributed by atoms with Gasteiger partial charge in [-0.1, -0.05) is 13.8 Å². The van der Waals surface area contributed by atoms with E-state index in [0.29, 0.717) is 12.5 Å². The maximum Gasteiger partial charge on any atom is 0.202 e. The van der Waals surface area contributed by atoms with Crippen molar-refractivity contribution in [2.75, 3.05) is 11.9 Å². The summed E-state index contributed by atoms with van der Waals surface area (Å²) < 4.78 is 4.24. The van der Waals surface area contributed by atoms with Crippen LogP contribution in [0, 0.1) is 0 Å². The first kappa shape index (κ1) is 11.4. The Bertz CT molecular complexity index is 287. The predicted molar refractivity (Wildman–Crippen MR) is 60.8 cm³/mol. The Hall–Kier alpha value is -0.680. The number of anilines is 1. The van der Waals surface area contributed by atoms with Crippen LogP contribution in [-0.2, 0) is 0 Å². The van der Waals surface area contributed by atoms with Gasteiger partial charge in [0.1, 0.15) is 5.82 Å². The predicted octanol–water partition coefficient (Wildman–Crippen LogP) is 1.81. The Morgan fingerprint density at radius 2 is 2.14 bits per heavy atom. The quantitative estimate of drug-likeness (QED) is 0.802.